The molecule has 0 aliphatic heterocycles. The highest BCUT2D eigenvalue weighted by atomic mass is 31.2. The molecule has 78 heavy (non-hydrogen) atoms. The van der Waals surface area contributed by atoms with Gasteiger partial charge in [0.15, 0.2) is 6.10 Å². The van der Waals surface area contributed by atoms with Gasteiger partial charge in [0, 0.05) is 19.3 Å². The second kappa shape index (κ2) is 59.8. The van der Waals surface area contributed by atoms with Crippen LogP contribution in [0.1, 0.15) is 278 Å². The molecule has 12 heteroatoms. The van der Waals surface area contributed by atoms with Crippen LogP contribution in [-0.4, -0.2) is 66.5 Å². The first-order valence-corrected chi connectivity index (χ1v) is 33.0. The highest BCUT2D eigenvalue weighted by Gasteiger charge is 2.28. The van der Waals surface area contributed by atoms with Crippen molar-refractivity contribution in [3.63, 3.8) is 0 Å². The van der Waals surface area contributed by atoms with Gasteiger partial charge in [-0.15, -0.1) is 0 Å². The zero-order valence-electron chi connectivity index (χ0n) is 49.9. The highest BCUT2D eigenvalue weighted by molar-refractivity contribution is 7.47. The molecule has 0 rings (SSSR count). The van der Waals surface area contributed by atoms with Crippen LogP contribution < -0.4 is 0 Å². The Morgan fingerprint density at radius 3 is 1.10 bits per heavy atom. The van der Waals surface area contributed by atoms with E-state index in [1.165, 1.54) is 135 Å². The van der Waals surface area contributed by atoms with Crippen molar-refractivity contribution in [2.45, 2.75) is 290 Å². The van der Waals surface area contributed by atoms with Crippen molar-refractivity contribution in [1.29, 1.82) is 0 Å². The van der Waals surface area contributed by atoms with Gasteiger partial charge in [-0.05, 0) is 83.5 Å². The topological polar surface area (TPSA) is 155 Å². The number of esters is 3. The van der Waals surface area contributed by atoms with Gasteiger partial charge in [-0.25, -0.2) is 4.57 Å². The lowest BCUT2D eigenvalue weighted by Crippen LogP contribution is -2.30. The summed E-state index contributed by atoms with van der Waals surface area (Å²) in [4.78, 5) is 48.7. The van der Waals surface area contributed by atoms with E-state index in [-0.39, 0.29) is 25.9 Å². The number of carbonyl (C=O) groups is 3. The summed E-state index contributed by atoms with van der Waals surface area (Å²) in [5.41, 5.74) is 0. The predicted molar refractivity (Wildman–Crippen MR) is 325 cm³/mol. The second-order valence-electron chi connectivity index (χ2n) is 20.8. The Hall–Kier alpha value is -3.34. The highest BCUT2D eigenvalue weighted by Crippen LogP contribution is 2.43. The largest absolute Gasteiger partial charge is 0.472 e. The van der Waals surface area contributed by atoms with Gasteiger partial charge < -0.3 is 24.2 Å². The van der Waals surface area contributed by atoms with Crippen molar-refractivity contribution in [3.8, 4) is 0 Å². The lowest BCUT2D eigenvalue weighted by Gasteiger charge is -2.21. The summed E-state index contributed by atoms with van der Waals surface area (Å²) in [6.07, 6.45) is 69.8. The molecule has 0 saturated heterocycles. The van der Waals surface area contributed by atoms with Crippen molar-refractivity contribution < 1.29 is 52.2 Å². The van der Waals surface area contributed by atoms with Gasteiger partial charge >= 0.3 is 25.7 Å². The fraction of sp³-hybridized carbons (Fsp3) is 0.742. The van der Waals surface area contributed by atoms with Crippen LogP contribution in [0.2, 0.25) is 0 Å². The lowest BCUT2D eigenvalue weighted by atomic mass is 10.0. The van der Waals surface area contributed by atoms with Gasteiger partial charge in [-0.2, -0.15) is 0 Å². The van der Waals surface area contributed by atoms with Crippen LogP contribution in [0.4, 0.5) is 0 Å². The van der Waals surface area contributed by atoms with Gasteiger partial charge in [0.1, 0.15) is 12.7 Å². The van der Waals surface area contributed by atoms with E-state index in [1.807, 2.05) is 12.2 Å². The summed E-state index contributed by atoms with van der Waals surface area (Å²) < 4.78 is 39.6. The number of hydrogen-bond acceptors (Lipinski definition) is 10. The zero-order chi connectivity index (χ0) is 56.9. The first kappa shape index (κ1) is 74.7. The normalized spacial score (nSPS) is 13.9. The number of aliphatic hydroxyl groups is 1. The average Bonchev–Trinajstić information content (AvgIpc) is 3.43. The molecule has 0 aliphatic carbocycles. The molecule has 0 radical (unpaired) electrons. The molecule has 11 nitrogen and oxygen atoms in total. The predicted octanol–water partition coefficient (Wildman–Crippen LogP) is 19.0. The molecule has 0 spiro atoms. The van der Waals surface area contributed by atoms with Gasteiger partial charge in [0.25, 0.3) is 0 Å². The molecule has 0 aromatic heterocycles. The summed E-state index contributed by atoms with van der Waals surface area (Å²) in [7, 11) is -4.77. The first-order valence-electron chi connectivity index (χ1n) is 31.5. The molecule has 0 saturated carbocycles. The quantitative estimate of drug-likeness (QED) is 0.0197. The van der Waals surface area contributed by atoms with Crippen molar-refractivity contribution in [1.82, 2.24) is 0 Å². The number of unbranched alkanes of at least 4 members (excludes halogenated alkanes) is 27. The summed E-state index contributed by atoms with van der Waals surface area (Å²) >= 11 is 0. The number of carbonyl (C=O) groups excluding carboxylic acids is 3. The van der Waals surface area contributed by atoms with Crippen LogP contribution in [0.25, 0.3) is 0 Å². The van der Waals surface area contributed by atoms with E-state index >= 15 is 0 Å². The molecule has 0 bridgehead atoms. The summed E-state index contributed by atoms with van der Waals surface area (Å²) in [6, 6.07) is 0. The monoisotopic (exact) mass is 1110 g/mol. The molecule has 0 fully saturated rings. The number of hydrogen-bond donors (Lipinski definition) is 2. The minimum absolute atomic E-state index is 0.0417. The summed E-state index contributed by atoms with van der Waals surface area (Å²) in [5.74, 6) is -1.56. The van der Waals surface area contributed by atoms with Crippen LogP contribution >= 0.6 is 7.82 Å². The number of allylic oxidation sites excluding steroid dienone is 14. The molecule has 3 unspecified atom stereocenters. The first-order chi connectivity index (χ1) is 38.2. The van der Waals surface area contributed by atoms with Crippen molar-refractivity contribution in [2.24, 2.45) is 0 Å². The molecule has 3 atom stereocenters. The van der Waals surface area contributed by atoms with E-state index < -0.39 is 57.8 Å². The molecule has 2 N–H and O–H groups in total. The van der Waals surface area contributed by atoms with Crippen molar-refractivity contribution in [3.05, 3.63) is 85.1 Å². The van der Waals surface area contributed by atoms with E-state index in [4.69, 9.17) is 23.3 Å². The molecule has 0 heterocycles. The average molecular weight is 1120 g/mol. The van der Waals surface area contributed by atoms with E-state index in [1.54, 1.807) is 0 Å². The summed E-state index contributed by atoms with van der Waals surface area (Å²) in [6.45, 7) is 4.48. The molecule has 0 amide bonds. The maximum atomic E-state index is 12.9. The molecule has 0 aromatic rings. The van der Waals surface area contributed by atoms with E-state index in [2.05, 4.69) is 93.7 Å². The van der Waals surface area contributed by atoms with Crippen molar-refractivity contribution in [2.75, 3.05) is 26.4 Å². The second-order valence-corrected chi connectivity index (χ2v) is 22.3. The number of rotatable bonds is 58. The Morgan fingerprint density at radius 2 is 0.692 bits per heavy atom. The molecule has 0 aromatic carbocycles. The summed E-state index contributed by atoms with van der Waals surface area (Å²) in [5, 5.41) is 9.84. The minimum Gasteiger partial charge on any atom is -0.462 e. The van der Waals surface area contributed by atoms with Crippen LogP contribution in [0.15, 0.2) is 85.1 Å². The van der Waals surface area contributed by atoms with Gasteiger partial charge in [0.05, 0.1) is 19.8 Å². The maximum absolute atomic E-state index is 12.9. The lowest BCUT2D eigenvalue weighted by molar-refractivity contribution is -0.161. The number of aliphatic hydroxyl groups excluding tert-OH is 1. The number of phosphoric acid groups is 1. The Labute approximate surface area is 477 Å². The van der Waals surface area contributed by atoms with Crippen LogP contribution in [-0.2, 0) is 42.2 Å². The number of phosphoric ester groups is 1. The smallest absolute Gasteiger partial charge is 0.462 e. The fourth-order valence-corrected chi connectivity index (χ4v) is 9.34. The van der Waals surface area contributed by atoms with Crippen molar-refractivity contribution >= 4 is 25.7 Å². The van der Waals surface area contributed by atoms with Crippen LogP contribution in [0, 0.1) is 0 Å². The van der Waals surface area contributed by atoms with Gasteiger partial charge in [-0.1, -0.05) is 260 Å². The Kier molecular flexibility index (Phi) is 57.2. The third-order valence-corrected chi connectivity index (χ3v) is 14.3. The van der Waals surface area contributed by atoms with E-state index in [0.717, 1.165) is 77.0 Å². The Balaban J connectivity index is 4.79. The van der Waals surface area contributed by atoms with Gasteiger partial charge in [0.2, 0.25) is 0 Å². The van der Waals surface area contributed by atoms with E-state index in [0.29, 0.717) is 25.7 Å². The third-order valence-electron chi connectivity index (χ3n) is 13.3. The molecule has 0 aliphatic rings. The Bertz CT molecular complexity index is 1630. The van der Waals surface area contributed by atoms with Crippen LogP contribution in [0.3, 0.4) is 0 Å². The van der Waals surface area contributed by atoms with Crippen LogP contribution in [0.5, 0.6) is 0 Å². The molecular weight excluding hydrogens is 1000 g/mol. The maximum Gasteiger partial charge on any atom is 0.472 e. The molecule has 450 valence electrons. The standard InChI is InChI=1S/C66H115O11P/c1-4-7-10-13-16-19-22-25-28-30-31-33-36-39-42-45-48-51-54-57-66(70)77-63(59-73-64(68)55-52-49-46-43-40-37-34-27-24-21-18-15-12-9-6-3)61-75-78(71,72)74-60-62(58-67)76-65(69)56-53-50-47-44-41-38-35-32-29-26-23-20-17-14-11-8-5-2/h7,10,16,19,25-26,28-29,31,33,39,42,48,51,62-63,67H,4-6,8-9,11-15,17-18,20-24,27,30,32,34-38,40-41,43-47,49-50,52-61H2,1-3H3,(H,71,72)/b10-7-,19-16-,28-25-,29-26-,33-31-,42-39-,51-48-. The molecular formula is C66H115O11P. The number of ether oxygens (including phenoxy) is 3. The zero-order valence-corrected chi connectivity index (χ0v) is 50.8. The van der Waals surface area contributed by atoms with Gasteiger partial charge in [-0.3, -0.25) is 23.4 Å². The minimum atomic E-state index is -4.77. The Morgan fingerprint density at radius 1 is 0.372 bits per heavy atom. The van der Waals surface area contributed by atoms with E-state index in [9.17, 15) is 28.9 Å². The third kappa shape index (κ3) is 57.3. The fourth-order valence-electron chi connectivity index (χ4n) is 8.55. The SMILES string of the molecule is CC/C=C\C/C=C\C/C=C\C/C=C\C/C=C\C/C=C\CCC(=O)OC(COC(=O)CCCCCCCCCCCCCCCCC)COP(=O)(O)OCC(CO)OC(=O)CCCCCCCCC/C=C\CCCCCCCC.